The van der Waals surface area contributed by atoms with Gasteiger partial charge >= 0.3 is 0 Å². The van der Waals surface area contributed by atoms with Crippen molar-refractivity contribution in [2.45, 2.75) is 13.0 Å². The third-order valence-electron chi connectivity index (χ3n) is 2.93. The van der Waals surface area contributed by atoms with Crippen molar-refractivity contribution in [1.29, 1.82) is 0 Å². The van der Waals surface area contributed by atoms with Crippen LogP contribution in [0, 0.1) is 0 Å². The molecule has 18 heavy (non-hydrogen) atoms. The van der Waals surface area contributed by atoms with Crippen LogP contribution in [-0.4, -0.2) is 42.7 Å². The Hall–Kier alpha value is -1.72. The number of aliphatic hydroxyl groups excluding tert-OH is 1. The molecule has 0 aliphatic carbocycles. The predicted molar refractivity (Wildman–Crippen MR) is 65.6 cm³/mol. The number of hydrogen-bond acceptors (Lipinski definition) is 4. The summed E-state index contributed by atoms with van der Waals surface area (Å²) in [7, 11) is 0. The van der Waals surface area contributed by atoms with Crippen molar-refractivity contribution in [3.05, 3.63) is 29.8 Å². The largest absolute Gasteiger partial charge is 0.393 e. The Balaban J connectivity index is 2.20. The van der Waals surface area contributed by atoms with E-state index in [0.29, 0.717) is 24.4 Å². The Morgan fingerprint density at radius 2 is 2.11 bits per heavy atom. The number of amides is 1. The highest BCUT2D eigenvalue weighted by molar-refractivity contribution is 5.98. The average Bonchev–Trinajstić information content (AvgIpc) is 2.39. The summed E-state index contributed by atoms with van der Waals surface area (Å²) in [4.78, 5) is 24.7. The lowest BCUT2D eigenvalue weighted by Gasteiger charge is -2.31. The first-order valence-corrected chi connectivity index (χ1v) is 5.78. The summed E-state index contributed by atoms with van der Waals surface area (Å²) in [5.41, 5.74) is 1.32. The Morgan fingerprint density at radius 3 is 2.67 bits per heavy atom. The molecule has 1 aromatic carbocycles. The van der Waals surface area contributed by atoms with E-state index in [2.05, 4.69) is 0 Å². The van der Waals surface area contributed by atoms with Crippen molar-refractivity contribution in [3.8, 4) is 0 Å². The van der Waals surface area contributed by atoms with Crippen molar-refractivity contribution in [2.24, 2.45) is 0 Å². The average molecular weight is 249 g/mol. The third-order valence-corrected chi connectivity index (χ3v) is 2.93. The van der Waals surface area contributed by atoms with Gasteiger partial charge in [-0.2, -0.15) is 0 Å². The maximum atomic E-state index is 11.9. The second-order valence-electron chi connectivity index (χ2n) is 4.13. The number of hydrogen-bond donors (Lipinski definition) is 1. The van der Waals surface area contributed by atoms with Crippen molar-refractivity contribution >= 4 is 17.4 Å². The number of nitrogens with zero attached hydrogens (tertiary/aromatic N) is 1. The monoisotopic (exact) mass is 249 g/mol. The van der Waals surface area contributed by atoms with Crippen LogP contribution in [-0.2, 0) is 9.53 Å². The van der Waals surface area contributed by atoms with E-state index in [1.54, 1.807) is 29.2 Å². The fourth-order valence-corrected chi connectivity index (χ4v) is 1.90. The number of carbonyl (C=O) groups excluding carboxylic acids is 2. The molecule has 1 N–H and O–H groups in total. The Kier molecular flexibility index (Phi) is 3.74. The molecule has 1 fully saturated rings. The molecule has 1 aromatic rings. The van der Waals surface area contributed by atoms with Crippen molar-refractivity contribution in [2.75, 3.05) is 24.7 Å². The number of ketones is 1. The molecule has 1 unspecified atom stereocenters. The molecule has 1 heterocycles. The number of aliphatic hydroxyl groups is 1. The summed E-state index contributed by atoms with van der Waals surface area (Å²) in [5, 5.41) is 9.03. The van der Waals surface area contributed by atoms with Gasteiger partial charge in [0.25, 0.3) is 5.91 Å². The molecule has 5 heteroatoms. The minimum Gasteiger partial charge on any atom is -0.393 e. The number of morpholine rings is 1. The van der Waals surface area contributed by atoms with Crippen LogP contribution in [0.3, 0.4) is 0 Å². The van der Waals surface area contributed by atoms with Gasteiger partial charge in [-0.25, -0.2) is 0 Å². The first kappa shape index (κ1) is 12.7. The normalized spacial score (nSPS) is 20.0. The molecule has 1 aliphatic rings. The van der Waals surface area contributed by atoms with Crippen LogP contribution in [0.25, 0.3) is 0 Å². The maximum Gasteiger partial charge on any atom is 0.258 e. The van der Waals surface area contributed by atoms with E-state index in [1.165, 1.54) is 6.92 Å². The molecule has 0 bridgehead atoms. The van der Waals surface area contributed by atoms with E-state index < -0.39 is 6.10 Å². The van der Waals surface area contributed by atoms with Gasteiger partial charge in [-0.3, -0.25) is 9.59 Å². The minimum absolute atomic E-state index is 0.0110. The second kappa shape index (κ2) is 5.29. The van der Waals surface area contributed by atoms with E-state index in [1.807, 2.05) is 0 Å². The van der Waals surface area contributed by atoms with Gasteiger partial charge in [0, 0.05) is 17.8 Å². The maximum absolute atomic E-state index is 11.9. The molecule has 0 saturated carbocycles. The first-order valence-electron chi connectivity index (χ1n) is 5.78. The van der Waals surface area contributed by atoms with Gasteiger partial charge < -0.3 is 14.7 Å². The molecule has 5 nitrogen and oxygen atoms in total. The second-order valence-corrected chi connectivity index (χ2v) is 4.13. The molecule has 0 aromatic heterocycles. The highest BCUT2D eigenvalue weighted by Crippen LogP contribution is 2.19. The zero-order valence-corrected chi connectivity index (χ0v) is 10.1. The van der Waals surface area contributed by atoms with Crippen LogP contribution in [0.5, 0.6) is 0 Å². The predicted octanol–water partition coefficient (Wildman–Crippen LogP) is 0.613. The summed E-state index contributed by atoms with van der Waals surface area (Å²) < 4.78 is 5.16. The van der Waals surface area contributed by atoms with Crippen LogP contribution in [0.4, 0.5) is 5.69 Å². The van der Waals surface area contributed by atoms with Crippen molar-refractivity contribution < 1.29 is 19.4 Å². The first-order chi connectivity index (χ1) is 8.63. The highest BCUT2D eigenvalue weighted by atomic mass is 16.5. The van der Waals surface area contributed by atoms with Gasteiger partial charge in [-0.15, -0.1) is 0 Å². The smallest absolute Gasteiger partial charge is 0.258 e. The van der Waals surface area contributed by atoms with E-state index in [4.69, 9.17) is 9.84 Å². The van der Waals surface area contributed by atoms with Crippen molar-refractivity contribution in [1.82, 2.24) is 0 Å². The third kappa shape index (κ3) is 2.42. The minimum atomic E-state index is -0.786. The lowest BCUT2D eigenvalue weighted by Crippen LogP contribution is -2.49. The van der Waals surface area contributed by atoms with E-state index in [-0.39, 0.29) is 18.3 Å². The quantitative estimate of drug-likeness (QED) is 0.797. The number of anilines is 1. The number of carbonyl (C=O) groups is 2. The number of rotatable bonds is 3. The topological polar surface area (TPSA) is 66.8 Å². The van der Waals surface area contributed by atoms with E-state index in [0.717, 1.165) is 0 Å². The molecular formula is C13H15NO4. The number of benzene rings is 1. The van der Waals surface area contributed by atoms with Gasteiger partial charge in [0.2, 0.25) is 0 Å². The molecule has 96 valence electrons. The van der Waals surface area contributed by atoms with Gasteiger partial charge in [0.1, 0.15) is 0 Å². The molecule has 1 saturated heterocycles. The van der Waals surface area contributed by atoms with E-state index in [9.17, 15) is 9.59 Å². The molecule has 1 aliphatic heterocycles. The van der Waals surface area contributed by atoms with Gasteiger partial charge in [0.15, 0.2) is 11.9 Å². The fraction of sp³-hybridized carbons (Fsp3) is 0.385. The molecule has 0 spiro atoms. The van der Waals surface area contributed by atoms with Crippen LogP contribution in [0.2, 0.25) is 0 Å². The molecule has 0 radical (unpaired) electrons. The molecule has 1 atom stereocenters. The molecular weight excluding hydrogens is 234 g/mol. The molecule has 2 rings (SSSR count). The van der Waals surface area contributed by atoms with Crippen LogP contribution < -0.4 is 4.90 Å². The summed E-state index contributed by atoms with van der Waals surface area (Å²) in [5.74, 6) is -0.262. The number of ether oxygens (including phenoxy) is 1. The standard InChI is InChI=1S/C13H15NO4/c1-9(16)10-2-4-11(5-3-10)14-6-7-18-12(8-15)13(14)17/h2-5,12,15H,6-8H2,1H3. The lowest BCUT2D eigenvalue weighted by molar-refractivity contribution is -0.136. The van der Waals surface area contributed by atoms with Gasteiger partial charge in [-0.1, -0.05) is 0 Å². The fourth-order valence-electron chi connectivity index (χ4n) is 1.90. The summed E-state index contributed by atoms with van der Waals surface area (Å²) in [6.07, 6.45) is -0.786. The zero-order chi connectivity index (χ0) is 13.1. The highest BCUT2D eigenvalue weighted by Gasteiger charge is 2.29. The SMILES string of the molecule is CC(=O)c1ccc(N2CCOC(CO)C2=O)cc1. The lowest BCUT2D eigenvalue weighted by atomic mass is 10.1. The Morgan fingerprint density at radius 1 is 1.44 bits per heavy atom. The van der Waals surface area contributed by atoms with Crippen LogP contribution in [0.15, 0.2) is 24.3 Å². The van der Waals surface area contributed by atoms with Crippen LogP contribution >= 0.6 is 0 Å². The van der Waals surface area contributed by atoms with Crippen molar-refractivity contribution in [3.63, 3.8) is 0 Å². The summed E-state index contributed by atoms with van der Waals surface area (Å²) >= 11 is 0. The number of Topliss-reactive ketones (excluding diaryl/α,β-unsaturated/α-hetero) is 1. The Labute approximate surface area is 105 Å². The molecule has 1 amide bonds. The van der Waals surface area contributed by atoms with Gasteiger partial charge in [0.05, 0.1) is 13.2 Å². The van der Waals surface area contributed by atoms with E-state index >= 15 is 0 Å². The Bertz CT molecular complexity index is 455. The van der Waals surface area contributed by atoms with Gasteiger partial charge in [-0.05, 0) is 31.2 Å². The summed E-state index contributed by atoms with van der Waals surface area (Å²) in [6, 6.07) is 6.84. The van der Waals surface area contributed by atoms with Crippen LogP contribution in [0.1, 0.15) is 17.3 Å². The zero-order valence-electron chi connectivity index (χ0n) is 10.1. The summed E-state index contributed by atoms with van der Waals surface area (Å²) in [6.45, 7) is 2.03.